The van der Waals surface area contributed by atoms with Crippen LogP contribution in [0.1, 0.15) is 28.9 Å². The molecular formula is C15H14FNO3. The molecule has 0 aromatic heterocycles. The van der Waals surface area contributed by atoms with Gasteiger partial charge < -0.3 is 15.5 Å². The van der Waals surface area contributed by atoms with Gasteiger partial charge in [0.15, 0.2) is 0 Å². The van der Waals surface area contributed by atoms with Crippen LogP contribution in [0.15, 0.2) is 42.5 Å². The SMILES string of the molecule is CC(NC(=O)c1cc(O)ccc1O)c1ccc(F)cc1. The van der Waals surface area contributed by atoms with Crippen molar-refractivity contribution in [1.82, 2.24) is 5.32 Å². The molecule has 0 radical (unpaired) electrons. The lowest BCUT2D eigenvalue weighted by Crippen LogP contribution is -2.26. The van der Waals surface area contributed by atoms with Crippen molar-refractivity contribution in [3.63, 3.8) is 0 Å². The van der Waals surface area contributed by atoms with E-state index in [0.29, 0.717) is 0 Å². The van der Waals surface area contributed by atoms with E-state index < -0.39 is 5.91 Å². The Labute approximate surface area is 115 Å². The van der Waals surface area contributed by atoms with E-state index in [1.807, 2.05) is 0 Å². The van der Waals surface area contributed by atoms with Crippen molar-refractivity contribution >= 4 is 5.91 Å². The van der Waals surface area contributed by atoms with Crippen molar-refractivity contribution in [3.8, 4) is 11.5 Å². The number of nitrogens with one attached hydrogen (secondary N) is 1. The van der Waals surface area contributed by atoms with E-state index in [1.54, 1.807) is 19.1 Å². The summed E-state index contributed by atoms with van der Waals surface area (Å²) in [5, 5.41) is 21.6. The van der Waals surface area contributed by atoms with E-state index >= 15 is 0 Å². The highest BCUT2D eigenvalue weighted by Crippen LogP contribution is 2.23. The summed E-state index contributed by atoms with van der Waals surface area (Å²) in [4.78, 5) is 12.0. The molecule has 0 fully saturated rings. The van der Waals surface area contributed by atoms with Crippen LogP contribution in [-0.4, -0.2) is 16.1 Å². The quantitative estimate of drug-likeness (QED) is 0.754. The van der Waals surface area contributed by atoms with Crippen molar-refractivity contribution in [3.05, 3.63) is 59.4 Å². The van der Waals surface area contributed by atoms with Crippen molar-refractivity contribution < 1.29 is 19.4 Å². The van der Waals surface area contributed by atoms with Gasteiger partial charge >= 0.3 is 0 Å². The summed E-state index contributed by atoms with van der Waals surface area (Å²) < 4.78 is 12.8. The van der Waals surface area contributed by atoms with Crippen LogP contribution in [-0.2, 0) is 0 Å². The smallest absolute Gasteiger partial charge is 0.255 e. The third-order valence-corrected chi connectivity index (χ3v) is 2.94. The molecule has 0 bridgehead atoms. The minimum absolute atomic E-state index is 0.0149. The Bertz CT molecular complexity index is 626. The Morgan fingerprint density at radius 1 is 1.15 bits per heavy atom. The molecule has 0 saturated carbocycles. The molecule has 104 valence electrons. The first-order valence-electron chi connectivity index (χ1n) is 6.05. The molecule has 5 heteroatoms. The lowest BCUT2D eigenvalue weighted by molar-refractivity contribution is 0.0937. The van der Waals surface area contributed by atoms with Gasteiger partial charge in [-0.05, 0) is 42.8 Å². The molecule has 1 unspecified atom stereocenters. The van der Waals surface area contributed by atoms with Crippen molar-refractivity contribution in [1.29, 1.82) is 0 Å². The third-order valence-electron chi connectivity index (χ3n) is 2.94. The number of aromatic hydroxyl groups is 2. The normalized spacial score (nSPS) is 11.9. The van der Waals surface area contributed by atoms with Gasteiger partial charge in [0.25, 0.3) is 5.91 Å². The molecule has 2 aromatic carbocycles. The molecule has 0 spiro atoms. The fourth-order valence-electron chi connectivity index (χ4n) is 1.82. The average Bonchev–Trinajstić information content (AvgIpc) is 2.42. The van der Waals surface area contributed by atoms with E-state index in [9.17, 15) is 19.4 Å². The monoisotopic (exact) mass is 275 g/mol. The molecular weight excluding hydrogens is 261 g/mol. The van der Waals surface area contributed by atoms with E-state index in [4.69, 9.17) is 0 Å². The lowest BCUT2D eigenvalue weighted by Gasteiger charge is -2.15. The molecule has 3 N–H and O–H groups in total. The predicted octanol–water partition coefficient (Wildman–Crippen LogP) is 2.73. The summed E-state index contributed by atoms with van der Waals surface area (Å²) in [7, 11) is 0. The van der Waals surface area contributed by atoms with Gasteiger partial charge in [-0.15, -0.1) is 0 Å². The zero-order valence-corrected chi connectivity index (χ0v) is 10.8. The second-order valence-electron chi connectivity index (χ2n) is 4.45. The summed E-state index contributed by atoms with van der Waals surface area (Å²) in [6, 6.07) is 9.12. The number of carbonyl (C=O) groups is 1. The average molecular weight is 275 g/mol. The molecule has 1 atom stereocenters. The Hall–Kier alpha value is -2.56. The van der Waals surface area contributed by atoms with E-state index in [0.717, 1.165) is 5.56 Å². The number of phenolic OH excluding ortho intramolecular Hbond substituents is 2. The van der Waals surface area contributed by atoms with Crippen molar-refractivity contribution in [2.45, 2.75) is 13.0 Å². The van der Waals surface area contributed by atoms with Crippen LogP contribution in [0.2, 0.25) is 0 Å². The largest absolute Gasteiger partial charge is 0.508 e. The van der Waals surface area contributed by atoms with E-state index in [2.05, 4.69) is 5.32 Å². The number of hydrogen-bond acceptors (Lipinski definition) is 3. The van der Waals surface area contributed by atoms with E-state index in [-0.39, 0.29) is 28.9 Å². The van der Waals surface area contributed by atoms with Gasteiger partial charge in [-0.3, -0.25) is 4.79 Å². The molecule has 2 rings (SSSR count). The summed E-state index contributed by atoms with van der Waals surface area (Å²) in [5.41, 5.74) is 0.721. The summed E-state index contributed by atoms with van der Waals surface area (Å²) in [6.45, 7) is 1.74. The maximum absolute atomic E-state index is 12.8. The lowest BCUT2D eigenvalue weighted by atomic mass is 10.1. The van der Waals surface area contributed by atoms with E-state index in [1.165, 1.54) is 30.3 Å². The number of hydrogen-bond donors (Lipinski definition) is 3. The second kappa shape index (κ2) is 5.61. The third kappa shape index (κ3) is 3.06. The highest BCUT2D eigenvalue weighted by atomic mass is 19.1. The molecule has 0 aliphatic heterocycles. The predicted molar refractivity (Wildman–Crippen MR) is 72.1 cm³/mol. The molecule has 1 amide bonds. The first-order chi connectivity index (χ1) is 9.47. The fraction of sp³-hybridized carbons (Fsp3) is 0.133. The number of amides is 1. The zero-order chi connectivity index (χ0) is 14.7. The van der Waals surface area contributed by atoms with Crippen LogP contribution >= 0.6 is 0 Å². The first-order valence-corrected chi connectivity index (χ1v) is 6.05. The van der Waals surface area contributed by atoms with Crippen molar-refractivity contribution in [2.24, 2.45) is 0 Å². The molecule has 20 heavy (non-hydrogen) atoms. The van der Waals surface area contributed by atoms with Gasteiger partial charge in [0.05, 0.1) is 11.6 Å². The second-order valence-corrected chi connectivity index (χ2v) is 4.45. The molecule has 0 aliphatic carbocycles. The Morgan fingerprint density at radius 3 is 2.45 bits per heavy atom. The first kappa shape index (κ1) is 13.9. The fourth-order valence-corrected chi connectivity index (χ4v) is 1.82. The van der Waals surface area contributed by atoms with Crippen LogP contribution in [0, 0.1) is 5.82 Å². The van der Waals surface area contributed by atoms with Gasteiger partial charge in [-0.25, -0.2) is 4.39 Å². The zero-order valence-electron chi connectivity index (χ0n) is 10.8. The summed E-state index contributed by atoms with van der Waals surface area (Å²) in [5.74, 6) is -1.19. The number of halogens is 1. The molecule has 4 nitrogen and oxygen atoms in total. The maximum Gasteiger partial charge on any atom is 0.255 e. The number of rotatable bonds is 3. The number of benzene rings is 2. The number of carbonyl (C=O) groups excluding carboxylic acids is 1. The van der Waals surface area contributed by atoms with Crippen LogP contribution in [0.5, 0.6) is 11.5 Å². The highest BCUT2D eigenvalue weighted by molar-refractivity contribution is 5.97. The minimum Gasteiger partial charge on any atom is -0.508 e. The maximum atomic E-state index is 12.8. The summed E-state index contributed by atoms with van der Waals surface area (Å²) >= 11 is 0. The molecule has 0 aliphatic rings. The van der Waals surface area contributed by atoms with Crippen LogP contribution in [0.4, 0.5) is 4.39 Å². The van der Waals surface area contributed by atoms with Crippen LogP contribution < -0.4 is 5.32 Å². The van der Waals surface area contributed by atoms with Gasteiger partial charge in [-0.1, -0.05) is 12.1 Å². The van der Waals surface area contributed by atoms with Gasteiger partial charge in [-0.2, -0.15) is 0 Å². The standard InChI is InChI=1S/C15H14FNO3/c1-9(10-2-4-11(16)5-3-10)17-15(20)13-8-12(18)6-7-14(13)19/h2-9,18-19H,1H3,(H,17,20). The van der Waals surface area contributed by atoms with Gasteiger partial charge in [0.1, 0.15) is 17.3 Å². The Morgan fingerprint density at radius 2 is 1.80 bits per heavy atom. The van der Waals surface area contributed by atoms with Crippen LogP contribution in [0.25, 0.3) is 0 Å². The van der Waals surface area contributed by atoms with Crippen molar-refractivity contribution in [2.75, 3.05) is 0 Å². The molecule has 0 heterocycles. The van der Waals surface area contributed by atoms with Gasteiger partial charge in [0, 0.05) is 0 Å². The highest BCUT2D eigenvalue weighted by Gasteiger charge is 2.15. The topological polar surface area (TPSA) is 69.6 Å². The molecule has 0 saturated heterocycles. The Kier molecular flexibility index (Phi) is 3.89. The number of phenols is 2. The van der Waals surface area contributed by atoms with Crippen LogP contribution in [0.3, 0.4) is 0 Å². The summed E-state index contributed by atoms with van der Waals surface area (Å²) in [6.07, 6.45) is 0. The minimum atomic E-state index is -0.518. The Balaban J connectivity index is 2.15. The van der Waals surface area contributed by atoms with Gasteiger partial charge in [0.2, 0.25) is 0 Å². The molecule has 2 aromatic rings.